The standard InChI is InChI=1S/C12H10F4N2O/c1-18-10(6-19)8(5-17-18)7-3-2-4-9(11(7)13)12(14,15)16/h2-5,19H,6H2,1H3. The molecule has 1 aromatic heterocycles. The summed E-state index contributed by atoms with van der Waals surface area (Å²) in [5, 5.41) is 13.0. The number of alkyl halides is 3. The van der Waals surface area contributed by atoms with Crippen LogP contribution in [0.1, 0.15) is 11.3 Å². The molecule has 2 rings (SSSR count). The summed E-state index contributed by atoms with van der Waals surface area (Å²) >= 11 is 0. The Balaban J connectivity index is 2.64. The Labute approximate surface area is 106 Å². The fourth-order valence-corrected chi connectivity index (χ4v) is 1.83. The molecule has 1 N–H and O–H groups in total. The van der Waals surface area contributed by atoms with Gasteiger partial charge in [-0.25, -0.2) is 4.39 Å². The van der Waals surface area contributed by atoms with Crippen molar-refractivity contribution < 1.29 is 22.7 Å². The van der Waals surface area contributed by atoms with E-state index in [1.807, 2.05) is 0 Å². The Hall–Kier alpha value is -1.89. The zero-order valence-electron chi connectivity index (χ0n) is 9.87. The van der Waals surface area contributed by atoms with E-state index in [0.29, 0.717) is 6.07 Å². The summed E-state index contributed by atoms with van der Waals surface area (Å²) in [6, 6.07) is 3.02. The van der Waals surface area contributed by atoms with Crippen LogP contribution in [0.25, 0.3) is 11.1 Å². The molecular weight excluding hydrogens is 264 g/mol. The van der Waals surface area contributed by atoms with Crippen molar-refractivity contribution >= 4 is 0 Å². The molecule has 7 heteroatoms. The molecular formula is C12H10F4N2O. The van der Waals surface area contributed by atoms with Crippen LogP contribution in [0, 0.1) is 5.82 Å². The lowest BCUT2D eigenvalue weighted by molar-refractivity contribution is -0.139. The number of aliphatic hydroxyl groups excluding tert-OH is 1. The molecule has 0 aliphatic heterocycles. The number of rotatable bonds is 2. The molecule has 1 aromatic carbocycles. The van der Waals surface area contributed by atoms with Crippen LogP contribution >= 0.6 is 0 Å². The molecule has 0 bridgehead atoms. The quantitative estimate of drug-likeness (QED) is 0.855. The zero-order chi connectivity index (χ0) is 14.2. The molecule has 102 valence electrons. The minimum absolute atomic E-state index is 0.147. The largest absolute Gasteiger partial charge is 0.419 e. The zero-order valence-corrected chi connectivity index (χ0v) is 9.87. The van der Waals surface area contributed by atoms with Crippen LogP contribution in [0.2, 0.25) is 0 Å². The third-order valence-corrected chi connectivity index (χ3v) is 2.81. The number of nitrogens with zero attached hydrogens (tertiary/aromatic N) is 2. The van der Waals surface area contributed by atoms with Gasteiger partial charge >= 0.3 is 6.18 Å². The Morgan fingerprint density at radius 3 is 2.53 bits per heavy atom. The molecule has 0 spiro atoms. The number of benzene rings is 1. The molecule has 0 aliphatic rings. The monoisotopic (exact) mass is 274 g/mol. The lowest BCUT2D eigenvalue weighted by atomic mass is 10.0. The maximum Gasteiger partial charge on any atom is 0.419 e. The average molecular weight is 274 g/mol. The molecule has 0 fully saturated rings. The normalized spacial score (nSPS) is 11.9. The van der Waals surface area contributed by atoms with Crippen LogP contribution in [0.5, 0.6) is 0 Å². The molecule has 0 radical (unpaired) electrons. The minimum Gasteiger partial charge on any atom is -0.390 e. The van der Waals surface area contributed by atoms with E-state index < -0.39 is 24.2 Å². The van der Waals surface area contributed by atoms with Gasteiger partial charge in [-0.1, -0.05) is 12.1 Å². The number of hydrogen-bond acceptors (Lipinski definition) is 2. The van der Waals surface area contributed by atoms with Crippen LogP contribution in [-0.4, -0.2) is 14.9 Å². The number of aliphatic hydroxyl groups is 1. The fraction of sp³-hybridized carbons (Fsp3) is 0.250. The number of hydrogen-bond donors (Lipinski definition) is 1. The molecule has 0 amide bonds. The van der Waals surface area contributed by atoms with Crippen LogP contribution in [-0.2, 0) is 19.8 Å². The number of halogens is 4. The lowest BCUT2D eigenvalue weighted by Gasteiger charge is -2.11. The van der Waals surface area contributed by atoms with Crippen molar-refractivity contribution in [2.24, 2.45) is 7.05 Å². The van der Waals surface area contributed by atoms with Gasteiger partial charge in [0.1, 0.15) is 5.82 Å². The molecule has 0 unspecified atom stereocenters. The Morgan fingerprint density at radius 2 is 1.95 bits per heavy atom. The highest BCUT2D eigenvalue weighted by Crippen LogP contribution is 2.36. The van der Waals surface area contributed by atoms with Crippen LogP contribution in [0.4, 0.5) is 17.6 Å². The molecule has 19 heavy (non-hydrogen) atoms. The summed E-state index contributed by atoms with van der Waals surface area (Å²) in [5.74, 6) is -1.36. The molecule has 3 nitrogen and oxygen atoms in total. The Kier molecular flexibility index (Phi) is 3.32. The van der Waals surface area contributed by atoms with Gasteiger partial charge in [0.2, 0.25) is 0 Å². The van der Waals surface area contributed by atoms with Crippen molar-refractivity contribution in [1.82, 2.24) is 9.78 Å². The van der Waals surface area contributed by atoms with Crippen LogP contribution in [0.3, 0.4) is 0 Å². The van der Waals surface area contributed by atoms with Gasteiger partial charge in [-0.15, -0.1) is 0 Å². The second kappa shape index (κ2) is 4.65. The summed E-state index contributed by atoms with van der Waals surface area (Å²) in [4.78, 5) is 0. The molecule has 0 atom stereocenters. The van der Waals surface area contributed by atoms with Gasteiger partial charge in [-0.3, -0.25) is 4.68 Å². The molecule has 0 aliphatic carbocycles. The molecule has 2 aromatic rings. The van der Waals surface area contributed by atoms with E-state index in [1.165, 1.54) is 24.0 Å². The van der Waals surface area contributed by atoms with Crippen LogP contribution < -0.4 is 0 Å². The van der Waals surface area contributed by atoms with E-state index >= 15 is 0 Å². The third kappa shape index (κ3) is 2.33. The first-order chi connectivity index (χ1) is 8.86. The second-order valence-electron chi connectivity index (χ2n) is 3.95. The average Bonchev–Trinajstić information content (AvgIpc) is 2.69. The molecule has 0 saturated heterocycles. The maximum atomic E-state index is 13.9. The van der Waals surface area contributed by atoms with Crippen molar-refractivity contribution in [3.05, 3.63) is 41.5 Å². The summed E-state index contributed by atoms with van der Waals surface area (Å²) in [7, 11) is 1.51. The van der Waals surface area contributed by atoms with Crippen molar-refractivity contribution in [3.8, 4) is 11.1 Å². The fourth-order valence-electron chi connectivity index (χ4n) is 1.83. The van der Waals surface area contributed by atoms with E-state index in [1.54, 1.807) is 0 Å². The lowest BCUT2D eigenvalue weighted by Crippen LogP contribution is -2.09. The van der Waals surface area contributed by atoms with E-state index in [2.05, 4.69) is 5.10 Å². The van der Waals surface area contributed by atoms with E-state index in [-0.39, 0.29) is 16.8 Å². The van der Waals surface area contributed by atoms with Gasteiger partial charge in [-0.2, -0.15) is 18.3 Å². The van der Waals surface area contributed by atoms with Crippen LogP contribution in [0.15, 0.2) is 24.4 Å². The van der Waals surface area contributed by atoms with Gasteiger partial charge in [-0.05, 0) is 6.07 Å². The first kappa shape index (κ1) is 13.5. The third-order valence-electron chi connectivity index (χ3n) is 2.81. The predicted octanol–water partition coefficient (Wildman–Crippen LogP) is 2.74. The van der Waals surface area contributed by atoms with Crippen molar-refractivity contribution in [2.75, 3.05) is 0 Å². The van der Waals surface area contributed by atoms with Crippen molar-refractivity contribution in [2.45, 2.75) is 12.8 Å². The van der Waals surface area contributed by atoms with E-state index in [0.717, 1.165) is 6.07 Å². The summed E-state index contributed by atoms with van der Waals surface area (Å²) in [6.07, 6.45) is -3.54. The first-order valence-corrected chi connectivity index (χ1v) is 5.34. The minimum atomic E-state index is -4.76. The number of aromatic nitrogens is 2. The maximum absolute atomic E-state index is 13.9. The van der Waals surface area contributed by atoms with Crippen molar-refractivity contribution in [1.29, 1.82) is 0 Å². The molecule has 1 heterocycles. The topological polar surface area (TPSA) is 38.0 Å². The Bertz CT molecular complexity index is 604. The van der Waals surface area contributed by atoms with Gasteiger partial charge in [0, 0.05) is 18.2 Å². The highest BCUT2D eigenvalue weighted by atomic mass is 19.4. The van der Waals surface area contributed by atoms with Gasteiger partial charge < -0.3 is 5.11 Å². The predicted molar refractivity (Wildman–Crippen MR) is 59.5 cm³/mol. The Morgan fingerprint density at radius 1 is 1.26 bits per heavy atom. The van der Waals surface area contributed by atoms with Crippen molar-refractivity contribution in [3.63, 3.8) is 0 Å². The van der Waals surface area contributed by atoms with Gasteiger partial charge in [0.25, 0.3) is 0 Å². The van der Waals surface area contributed by atoms with Gasteiger partial charge in [0.15, 0.2) is 0 Å². The van der Waals surface area contributed by atoms with E-state index in [4.69, 9.17) is 5.11 Å². The SMILES string of the molecule is Cn1ncc(-c2cccc(C(F)(F)F)c2F)c1CO. The first-order valence-electron chi connectivity index (χ1n) is 5.34. The molecule has 0 saturated carbocycles. The second-order valence-corrected chi connectivity index (χ2v) is 3.95. The smallest absolute Gasteiger partial charge is 0.390 e. The van der Waals surface area contributed by atoms with E-state index in [9.17, 15) is 17.6 Å². The summed E-state index contributed by atoms with van der Waals surface area (Å²) in [6.45, 7) is -0.443. The highest BCUT2D eigenvalue weighted by molar-refractivity contribution is 5.67. The highest BCUT2D eigenvalue weighted by Gasteiger charge is 2.35. The van der Waals surface area contributed by atoms with Gasteiger partial charge in [0.05, 0.1) is 24.1 Å². The number of aryl methyl sites for hydroxylation is 1. The summed E-state index contributed by atoms with van der Waals surface area (Å²) in [5.41, 5.74) is -1.17. The summed E-state index contributed by atoms with van der Waals surface area (Å²) < 4.78 is 53.1.